The maximum atomic E-state index is 9.86. The minimum absolute atomic E-state index is 0. The van der Waals surface area contributed by atoms with Gasteiger partial charge in [-0.1, -0.05) is 0 Å². The van der Waals surface area contributed by atoms with Crippen molar-refractivity contribution < 1.29 is 34.1 Å². The van der Waals surface area contributed by atoms with Gasteiger partial charge in [-0.25, -0.2) is 14.4 Å². The van der Waals surface area contributed by atoms with Crippen molar-refractivity contribution >= 4 is 224 Å². The average Bonchev–Trinajstić information content (AvgIpc) is 1.58. The van der Waals surface area contributed by atoms with Crippen LogP contribution in [-0.4, -0.2) is 234 Å². The summed E-state index contributed by atoms with van der Waals surface area (Å²) in [7, 11) is 0. The molecule has 0 aliphatic carbocycles. The molecule has 0 bridgehead atoms. The zero-order chi connectivity index (χ0) is 8.15. The molecule has 0 aromatic rings. The van der Waals surface area contributed by atoms with E-state index >= 15 is 0 Å². The first kappa shape index (κ1) is 31.2. The van der Waals surface area contributed by atoms with Crippen LogP contribution in [0.5, 0.6) is 0 Å². The fourth-order valence-corrected chi connectivity index (χ4v) is 0.163. The molecule has 14 heavy (non-hydrogen) atoms. The first-order valence-electron chi connectivity index (χ1n) is 1.88. The van der Waals surface area contributed by atoms with E-state index < -0.39 is 18.5 Å². The number of rotatable bonds is 0. The van der Waals surface area contributed by atoms with Crippen LogP contribution >= 0.6 is 0 Å². The Morgan fingerprint density at radius 2 is 0.929 bits per heavy atom. The summed E-state index contributed by atoms with van der Waals surface area (Å²) < 4.78 is 6.47. The van der Waals surface area contributed by atoms with Crippen molar-refractivity contribution in [2.24, 2.45) is 0 Å². The molecule has 0 saturated heterocycles. The molecular weight excluding hydrogens is 304 g/mol. The van der Waals surface area contributed by atoms with Crippen molar-refractivity contribution in [3.63, 3.8) is 0 Å². The van der Waals surface area contributed by atoms with Crippen LogP contribution in [-0.2, 0) is 9.47 Å². The molecule has 0 atom stereocenters. The number of carboxylic acid groups (broad SMARTS) is 2. The van der Waals surface area contributed by atoms with Gasteiger partial charge >= 0.3 is 224 Å². The van der Waals surface area contributed by atoms with E-state index in [1.165, 1.54) is 0 Å². The molecule has 0 spiro atoms. The van der Waals surface area contributed by atoms with Gasteiger partial charge in [-0.2, -0.15) is 0 Å². The number of ether oxygens (including phenoxy) is 2. The van der Waals surface area contributed by atoms with Crippen LogP contribution in [0.2, 0.25) is 0 Å². The Labute approximate surface area is 249 Å². The molecule has 0 aromatic carbocycles. The molecule has 0 aromatic heterocycles. The summed E-state index contributed by atoms with van der Waals surface area (Å²) in [6.45, 7) is 0. The first-order chi connectivity index (χ1) is 4.52. The van der Waals surface area contributed by atoms with Crippen LogP contribution < -0.4 is 0 Å². The van der Waals surface area contributed by atoms with Gasteiger partial charge in [0.2, 0.25) is 0 Å². The predicted molar refractivity (Wildman–Crippen MR) is 52.2 cm³/mol. The summed E-state index contributed by atoms with van der Waals surface area (Å²) in [6, 6.07) is 0. The molecule has 0 saturated carbocycles. The van der Waals surface area contributed by atoms with E-state index in [1.54, 1.807) is 0 Å². The number of hydrogen-bond donors (Lipinski definition) is 2. The predicted octanol–water partition coefficient (Wildman–Crippen LogP) is -2.10. The SMILES string of the molecule is O=C(O)OC(=O)OC(=O)O.[KH].[KH].[KH].[KH]. The zero-order valence-electron chi connectivity index (χ0n) is 4.44. The van der Waals surface area contributed by atoms with E-state index in [2.05, 4.69) is 9.47 Å². The fourth-order valence-electron chi connectivity index (χ4n) is 0.163. The molecule has 0 rings (SSSR count). The fraction of sp³-hybridized carbons (Fsp3) is 0. The summed E-state index contributed by atoms with van der Waals surface area (Å²) in [5.74, 6) is 0. The van der Waals surface area contributed by atoms with Crippen molar-refractivity contribution in [1.82, 2.24) is 0 Å². The molecule has 2 N–H and O–H groups in total. The van der Waals surface area contributed by atoms with Crippen molar-refractivity contribution in [1.29, 1.82) is 0 Å². The molecule has 0 radical (unpaired) electrons. The topological polar surface area (TPSA) is 110 Å². The summed E-state index contributed by atoms with van der Waals surface area (Å²) >= 11 is 0. The molecule has 11 heteroatoms. The Bertz CT molecular complexity index is 164. The van der Waals surface area contributed by atoms with Crippen LogP contribution in [0, 0.1) is 0 Å². The average molecular weight is 310 g/mol. The Balaban J connectivity index is -0.0000000675. The van der Waals surface area contributed by atoms with Crippen molar-refractivity contribution in [2.75, 3.05) is 0 Å². The second kappa shape index (κ2) is 20.1. The summed E-state index contributed by atoms with van der Waals surface area (Å²) in [6.07, 6.45) is -5.64. The van der Waals surface area contributed by atoms with E-state index in [-0.39, 0.29) is 206 Å². The van der Waals surface area contributed by atoms with Crippen molar-refractivity contribution in [3.8, 4) is 0 Å². The number of hydrogen-bond acceptors (Lipinski definition) is 5. The second-order valence-corrected chi connectivity index (χ2v) is 0.986. The first-order valence-corrected chi connectivity index (χ1v) is 1.88. The van der Waals surface area contributed by atoms with E-state index in [0.29, 0.717) is 0 Å². The third-order valence-electron chi connectivity index (χ3n) is 0.341. The van der Waals surface area contributed by atoms with Gasteiger partial charge in [0.05, 0.1) is 0 Å². The van der Waals surface area contributed by atoms with E-state index in [9.17, 15) is 14.4 Å². The van der Waals surface area contributed by atoms with Crippen LogP contribution in [0.1, 0.15) is 0 Å². The molecule has 0 amide bonds. The Kier molecular flexibility index (Phi) is 44.8. The zero-order valence-corrected chi connectivity index (χ0v) is 4.44. The standard InChI is InChI=1S/C3H2O7.4K.4H/c4-1(5)9-3(8)10-2(6)7;;;;;;;;/h(H,4,5)(H,6,7);;;;;;;;. The molecular formula is C3H6K4O7. The van der Waals surface area contributed by atoms with Gasteiger partial charge in [0.1, 0.15) is 0 Å². The number of carbonyl (C=O) groups is 3. The van der Waals surface area contributed by atoms with E-state index in [4.69, 9.17) is 10.2 Å². The molecule has 0 aliphatic heterocycles. The Hall–Kier alpha value is 4.76. The summed E-state index contributed by atoms with van der Waals surface area (Å²) in [5.41, 5.74) is 0. The van der Waals surface area contributed by atoms with Gasteiger partial charge in [-0.05, 0) is 0 Å². The molecule has 7 nitrogen and oxygen atoms in total. The van der Waals surface area contributed by atoms with E-state index in [1.807, 2.05) is 0 Å². The van der Waals surface area contributed by atoms with Crippen LogP contribution in [0.3, 0.4) is 0 Å². The van der Waals surface area contributed by atoms with Gasteiger partial charge < -0.3 is 19.7 Å². The molecule has 64 valence electrons. The molecule has 0 heterocycles. The van der Waals surface area contributed by atoms with Gasteiger partial charge in [0.25, 0.3) is 0 Å². The van der Waals surface area contributed by atoms with Gasteiger partial charge in [0.15, 0.2) is 0 Å². The van der Waals surface area contributed by atoms with Crippen molar-refractivity contribution in [2.45, 2.75) is 0 Å². The van der Waals surface area contributed by atoms with Crippen LogP contribution in [0.25, 0.3) is 0 Å². The number of carbonyl (C=O) groups excluding carboxylic acids is 1. The molecule has 0 unspecified atom stereocenters. The third-order valence-corrected chi connectivity index (χ3v) is 0.341. The Morgan fingerprint density at radius 1 is 0.714 bits per heavy atom. The Morgan fingerprint density at radius 3 is 1.07 bits per heavy atom. The van der Waals surface area contributed by atoms with Crippen LogP contribution in [0.15, 0.2) is 0 Å². The molecule has 0 fully saturated rings. The van der Waals surface area contributed by atoms with Crippen LogP contribution in [0.4, 0.5) is 14.4 Å². The monoisotopic (exact) mass is 310 g/mol. The minimum atomic E-state index is -1.92. The van der Waals surface area contributed by atoms with E-state index in [0.717, 1.165) is 0 Å². The third kappa shape index (κ3) is 25.6. The maximum absolute atomic E-state index is 9.86. The van der Waals surface area contributed by atoms with Gasteiger partial charge in [-0.3, -0.25) is 0 Å². The molecule has 0 aliphatic rings. The summed E-state index contributed by atoms with van der Waals surface area (Å²) in [4.78, 5) is 28.8. The summed E-state index contributed by atoms with van der Waals surface area (Å²) in [5, 5.41) is 15.4. The van der Waals surface area contributed by atoms with Gasteiger partial charge in [-0.15, -0.1) is 0 Å². The normalized spacial score (nSPS) is 5.71. The quantitative estimate of drug-likeness (QED) is 0.300. The van der Waals surface area contributed by atoms with Crippen molar-refractivity contribution in [3.05, 3.63) is 0 Å². The van der Waals surface area contributed by atoms with Gasteiger partial charge in [0, 0.05) is 0 Å². The second-order valence-electron chi connectivity index (χ2n) is 0.986.